The molecule has 0 amide bonds. The van der Waals surface area contributed by atoms with Crippen LogP contribution >= 0.6 is 11.6 Å². The second-order valence-electron chi connectivity index (χ2n) is 6.09. The van der Waals surface area contributed by atoms with Gasteiger partial charge in [0.25, 0.3) is 0 Å². The Morgan fingerprint density at radius 2 is 2.04 bits per heavy atom. The average Bonchev–Trinajstić information content (AvgIpc) is 3.10. The Balaban J connectivity index is 1.90. The quantitative estimate of drug-likeness (QED) is 0.681. The van der Waals surface area contributed by atoms with Gasteiger partial charge in [0.05, 0.1) is 29.6 Å². The number of para-hydroxylation sites is 1. The zero-order valence-corrected chi connectivity index (χ0v) is 14.6. The summed E-state index contributed by atoms with van der Waals surface area (Å²) >= 11 is 6.22. The van der Waals surface area contributed by atoms with E-state index >= 15 is 0 Å². The highest BCUT2D eigenvalue weighted by Crippen LogP contribution is 2.37. The highest BCUT2D eigenvalue weighted by Gasteiger charge is 2.21. The molecular formula is C20H17ClN2O2. The van der Waals surface area contributed by atoms with Crippen molar-refractivity contribution in [3.05, 3.63) is 64.3 Å². The van der Waals surface area contributed by atoms with Gasteiger partial charge in [0.2, 0.25) is 0 Å². The molecule has 5 heteroatoms. The molecule has 3 aromatic rings. The maximum atomic E-state index is 12.1. The summed E-state index contributed by atoms with van der Waals surface area (Å²) in [6.45, 7) is 0. The summed E-state index contributed by atoms with van der Waals surface area (Å²) < 4.78 is 4.90. The van der Waals surface area contributed by atoms with Gasteiger partial charge in [0.1, 0.15) is 0 Å². The van der Waals surface area contributed by atoms with Crippen molar-refractivity contribution < 1.29 is 9.53 Å². The number of carbonyl (C=O) groups is 1. The van der Waals surface area contributed by atoms with E-state index in [2.05, 4.69) is 5.32 Å². The van der Waals surface area contributed by atoms with Crippen LogP contribution in [0.15, 0.2) is 42.5 Å². The molecule has 4 rings (SSSR count). The summed E-state index contributed by atoms with van der Waals surface area (Å²) in [6, 6.07) is 13.1. The van der Waals surface area contributed by atoms with E-state index < -0.39 is 0 Å². The molecule has 1 aliphatic carbocycles. The molecule has 0 saturated carbocycles. The van der Waals surface area contributed by atoms with Gasteiger partial charge < -0.3 is 10.1 Å². The minimum Gasteiger partial charge on any atom is -0.465 e. The van der Waals surface area contributed by atoms with Crippen molar-refractivity contribution in [1.29, 1.82) is 0 Å². The van der Waals surface area contributed by atoms with Crippen LogP contribution in [0.2, 0.25) is 5.02 Å². The number of rotatable bonds is 3. The number of pyridine rings is 1. The van der Waals surface area contributed by atoms with Crippen LogP contribution in [0.5, 0.6) is 0 Å². The topological polar surface area (TPSA) is 51.2 Å². The Labute approximate surface area is 150 Å². The van der Waals surface area contributed by atoms with Crippen molar-refractivity contribution in [1.82, 2.24) is 4.98 Å². The lowest BCUT2D eigenvalue weighted by molar-refractivity contribution is 0.0602. The molecule has 25 heavy (non-hydrogen) atoms. The number of carbonyl (C=O) groups excluding carboxylic acids is 1. The Kier molecular flexibility index (Phi) is 4.06. The predicted molar refractivity (Wildman–Crippen MR) is 99.8 cm³/mol. The van der Waals surface area contributed by atoms with Crippen LogP contribution in [0.3, 0.4) is 0 Å². The monoisotopic (exact) mass is 352 g/mol. The van der Waals surface area contributed by atoms with Gasteiger partial charge in [-0.05, 0) is 55.2 Å². The molecule has 1 N–H and O–H groups in total. The normalized spacial score (nSPS) is 12.9. The lowest BCUT2D eigenvalue weighted by atomic mass is 10.1. The summed E-state index contributed by atoms with van der Waals surface area (Å²) in [7, 11) is 1.39. The zero-order valence-electron chi connectivity index (χ0n) is 13.8. The summed E-state index contributed by atoms with van der Waals surface area (Å²) in [5, 5.41) is 5.09. The number of nitrogens with one attached hydrogen (secondary N) is 1. The van der Waals surface area contributed by atoms with Gasteiger partial charge in [0.15, 0.2) is 0 Å². The first-order valence-electron chi connectivity index (χ1n) is 8.23. The molecule has 0 fully saturated rings. The van der Waals surface area contributed by atoms with Crippen molar-refractivity contribution in [2.45, 2.75) is 19.3 Å². The number of aromatic nitrogens is 1. The van der Waals surface area contributed by atoms with E-state index in [0.717, 1.165) is 47.2 Å². The van der Waals surface area contributed by atoms with Gasteiger partial charge in [-0.25, -0.2) is 4.79 Å². The fraction of sp³-hybridized carbons (Fsp3) is 0.200. The second kappa shape index (κ2) is 6.37. The standard InChI is InChI=1S/C20H17ClN2O2/c1-25-20(24)14-5-2-3-7-17(14)23-19-13-6-4-8-16(13)22-18-10-9-12(21)11-15(18)19/h2-3,5,7,9-11H,4,6,8H2,1H3,(H,22,23). The first-order chi connectivity index (χ1) is 12.2. The third kappa shape index (κ3) is 2.83. The van der Waals surface area contributed by atoms with Crippen LogP contribution in [-0.4, -0.2) is 18.1 Å². The molecule has 0 unspecified atom stereocenters. The van der Waals surface area contributed by atoms with Crippen LogP contribution in [0.4, 0.5) is 11.4 Å². The summed E-state index contributed by atoms with van der Waals surface area (Å²) in [6.07, 6.45) is 3.02. The zero-order chi connectivity index (χ0) is 17.4. The third-order valence-electron chi connectivity index (χ3n) is 4.57. The smallest absolute Gasteiger partial charge is 0.339 e. The van der Waals surface area contributed by atoms with Crippen molar-refractivity contribution in [2.24, 2.45) is 0 Å². The number of hydrogen-bond acceptors (Lipinski definition) is 4. The van der Waals surface area contributed by atoms with E-state index in [1.54, 1.807) is 6.07 Å². The molecular weight excluding hydrogens is 336 g/mol. The van der Waals surface area contributed by atoms with Crippen molar-refractivity contribution >= 4 is 39.8 Å². The van der Waals surface area contributed by atoms with Gasteiger partial charge in [0, 0.05) is 16.1 Å². The molecule has 0 saturated heterocycles. The molecule has 0 bridgehead atoms. The molecule has 0 aliphatic heterocycles. The van der Waals surface area contributed by atoms with E-state index in [9.17, 15) is 4.79 Å². The highest BCUT2D eigenvalue weighted by molar-refractivity contribution is 6.31. The van der Waals surface area contributed by atoms with Gasteiger partial charge in [-0.3, -0.25) is 4.98 Å². The van der Waals surface area contributed by atoms with E-state index in [1.807, 2.05) is 36.4 Å². The van der Waals surface area contributed by atoms with Crippen molar-refractivity contribution in [2.75, 3.05) is 12.4 Å². The molecule has 4 nitrogen and oxygen atoms in total. The molecule has 0 radical (unpaired) electrons. The summed E-state index contributed by atoms with van der Waals surface area (Å²) in [4.78, 5) is 16.9. The molecule has 1 heterocycles. The number of aryl methyl sites for hydroxylation is 1. The Morgan fingerprint density at radius 3 is 2.88 bits per heavy atom. The Hall–Kier alpha value is -2.59. The third-order valence-corrected chi connectivity index (χ3v) is 4.80. The number of nitrogens with zero attached hydrogens (tertiary/aromatic N) is 1. The molecule has 2 aromatic carbocycles. The fourth-order valence-corrected chi connectivity index (χ4v) is 3.56. The fourth-order valence-electron chi connectivity index (χ4n) is 3.39. The first kappa shape index (κ1) is 15.9. The molecule has 0 atom stereocenters. The highest BCUT2D eigenvalue weighted by atomic mass is 35.5. The van der Waals surface area contributed by atoms with Gasteiger partial charge >= 0.3 is 5.97 Å². The van der Waals surface area contributed by atoms with Gasteiger partial charge in [-0.15, -0.1) is 0 Å². The number of ether oxygens (including phenoxy) is 1. The molecule has 1 aliphatic rings. The van der Waals surface area contributed by atoms with Crippen LogP contribution in [0.1, 0.15) is 28.0 Å². The lowest BCUT2D eigenvalue weighted by Gasteiger charge is -2.16. The number of anilines is 2. The number of halogens is 1. The maximum absolute atomic E-state index is 12.1. The molecule has 0 spiro atoms. The van der Waals surface area contributed by atoms with E-state index in [4.69, 9.17) is 21.3 Å². The molecule has 126 valence electrons. The van der Waals surface area contributed by atoms with E-state index in [1.165, 1.54) is 12.7 Å². The SMILES string of the molecule is COC(=O)c1ccccc1Nc1c2c(nc3ccc(Cl)cc13)CCC2. The van der Waals surface area contributed by atoms with Gasteiger partial charge in [-0.2, -0.15) is 0 Å². The van der Waals surface area contributed by atoms with Crippen molar-refractivity contribution in [3.8, 4) is 0 Å². The predicted octanol–water partition coefficient (Wildman–Crippen LogP) is 4.91. The largest absolute Gasteiger partial charge is 0.465 e. The first-order valence-corrected chi connectivity index (χ1v) is 8.60. The van der Waals surface area contributed by atoms with Crippen LogP contribution in [-0.2, 0) is 17.6 Å². The number of methoxy groups -OCH3 is 1. The minimum absolute atomic E-state index is 0.365. The maximum Gasteiger partial charge on any atom is 0.339 e. The van der Waals surface area contributed by atoms with Crippen molar-refractivity contribution in [3.63, 3.8) is 0 Å². The van der Waals surface area contributed by atoms with E-state index in [-0.39, 0.29) is 5.97 Å². The van der Waals surface area contributed by atoms with Crippen LogP contribution in [0, 0.1) is 0 Å². The number of benzene rings is 2. The van der Waals surface area contributed by atoms with E-state index in [0.29, 0.717) is 10.6 Å². The number of fused-ring (bicyclic) bond motifs is 2. The Bertz CT molecular complexity index is 985. The second-order valence-corrected chi connectivity index (χ2v) is 6.53. The lowest BCUT2D eigenvalue weighted by Crippen LogP contribution is -2.07. The van der Waals surface area contributed by atoms with Crippen LogP contribution in [0.25, 0.3) is 10.9 Å². The average molecular weight is 353 g/mol. The van der Waals surface area contributed by atoms with Gasteiger partial charge in [-0.1, -0.05) is 23.7 Å². The summed E-state index contributed by atoms with van der Waals surface area (Å²) in [5.74, 6) is -0.365. The summed E-state index contributed by atoms with van der Waals surface area (Å²) in [5.41, 5.74) is 5.43. The molecule has 1 aromatic heterocycles. The number of hydrogen-bond donors (Lipinski definition) is 1. The Morgan fingerprint density at radius 1 is 1.20 bits per heavy atom. The van der Waals surface area contributed by atoms with Crippen LogP contribution < -0.4 is 5.32 Å². The number of esters is 1. The minimum atomic E-state index is -0.365.